The molecule has 0 saturated heterocycles. The van der Waals surface area contributed by atoms with Crippen LogP contribution in [-0.2, 0) is 30.7 Å². The van der Waals surface area contributed by atoms with E-state index in [0.717, 1.165) is 79.7 Å². The first kappa shape index (κ1) is 33.7. The number of carbonyl (C=O) groups is 1. The quantitative estimate of drug-likeness (QED) is 0.251. The highest BCUT2D eigenvalue weighted by atomic mass is 19.4. The highest BCUT2D eigenvalue weighted by Gasteiger charge is 2.39. The zero-order chi connectivity index (χ0) is 34.4. The average molecular weight is 677 g/mol. The summed E-state index contributed by atoms with van der Waals surface area (Å²) >= 11 is 0. The van der Waals surface area contributed by atoms with E-state index in [1.807, 2.05) is 13.8 Å². The standard InChI is InChI=1S/C33H38F6N8O/c1-20-13-21(2)30-27(14-20)28(5-4-12-45(30)18-22-6-8-26(9-7-22)47-29(48)10-11-40-47)46(31-41-43-44(3)42-31)19-23-15-24(32(34,35)36)17-25(16-23)33(37,38)39/h11,13-17,22,26,28H,4-10,12,18-19H2,1-3H3/t22?,26?,28-/m0/s1. The molecule has 1 saturated carbocycles. The molecule has 1 aliphatic carbocycles. The number of benzene rings is 2. The molecule has 0 N–H and O–H groups in total. The Balaban J connectivity index is 1.33. The Morgan fingerprint density at radius 2 is 1.60 bits per heavy atom. The second-order valence-corrected chi connectivity index (χ2v) is 13.2. The molecule has 258 valence electrons. The predicted molar refractivity (Wildman–Crippen MR) is 167 cm³/mol. The number of amides is 1. The van der Waals surface area contributed by atoms with Gasteiger partial charge in [0.05, 0.1) is 36.7 Å². The number of rotatable bonds is 7. The third kappa shape index (κ3) is 7.14. The number of alkyl halides is 6. The number of nitrogens with zero attached hydrogens (tertiary/aromatic N) is 8. The van der Waals surface area contributed by atoms with E-state index in [0.29, 0.717) is 18.8 Å². The molecule has 3 heterocycles. The first-order chi connectivity index (χ1) is 22.7. The van der Waals surface area contributed by atoms with E-state index in [1.165, 1.54) is 4.80 Å². The van der Waals surface area contributed by atoms with E-state index < -0.39 is 29.5 Å². The van der Waals surface area contributed by atoms with Gasteiger partial charge in [-0.15, -0.1) is 5.10 Å². The lowest BCUT2D eigenvalue weighted by molar-refractivity contribution is -0.143. The highest BCUT2D eigenvalue weighted by Crippen LogP contribution is 2.43. The molecule has 1 atom stereocenters. The molecular formula is C33H38F6N8O. The molecule has 1 aromatic heterocycles. The van der Waals surface area contributed by atoms with Crippen LogP contribution in [0.25, 0.3) is 0 Å². The van der Waals surface area contributed by atoms with Crippen LogP contribution in [0.2, 0.25) is 0 Å². The predicted octanol–water partition coefficient (Wildman–Crippen LogP) is 6.99. The molecule has 2 aromatic carbocycles. The van der Waals surface area contributed by atoms with Gasteiger partial charge in [-0.2, -0.15) is 36.2 Å². The van der Waals surface area contributed by atoms with E-state index in [-0.39, 0.29) is 36.1 Å². The first-order valence-corrected chi connectivity index (χ1v) is 16.2. The maximum absolute atomic E-state index is 13.8. The number of anilines is 2. The number of tetrazole rings is 1. The summed E-state index contributed by atoms with van der Waals surface area (Å²) in [5.41, 5.74) is 1.06. The summed E-state index contributed by atoms with van der Waals surface area (Å²) in [7, 11) is 1.55. The Morgan fingerprint density at radius 1 is 0.917 bits per heavy atom. The van der Waals surface area contributed by atoms with Crippen molar-refractivity contribution in [3.8, 4) is 0 Å². The SMILES string of the molecule is Cc1cc(C)c2c(c1)[C@@H](N(Cc1cc(C(F)(F)F)cc(C(F)(F)F)c1)c1nnn(C)n1)CCCN2CC1CCC(N2N=CCC2=O)CC1. The summed E-state index contributed by atoms with van der Waals surface area (Å²) in [6.07, 6.45) is -3.02. The fourth-order valence-electron chi connectivity index (χ4n) is 7.49. The number of fused-ring (bicyclic) bond motifs is 1. The van der Waals surface area contributed by atoms with Gasteiger partial charge in [-0.25, -0.2) is 5.01 Å². The largest absolute Gasteiger partial charge is 0.416 e. The first-order valence-electron chi connectivity index (χ1n) is 16.2. The van der Waals surface area contributed by atoms with Gasteiger partial charge < -0.3 is 9.80 Å². The lowest BCUT2D eigenvalue weighted by atomic mass is 9.85. The van der Waals surface area contributed by atoms with Gasteiger partial charge in [0, 0.05) is 31.5 Å². The van der Waals surface area contributed by atoms with Gasteiger partial charge in [-0.1, -0.05) is 22.8 Å². The molecule has 0 spiro atoms. The molecule has 3 aliphatic rings. The van der Waals surface area contributed by atoms with Crippen molar-refractivity contribution in [1.29, 1.82) is 0 Å². The number of hydrazone groups is 1. The Morgan fingerprint density at radius 3 is 2.19 bits per heavy atom. The number of aromatic nitrogens is 4. The molecule has 9 nitrogen and oxygen atoms in total. The van der Waals surface area contributed by atoms with Crippen molar-refractivity contribution in [3.05, 3.63) is 63.7 Å². The molecule has 0 bridgehead atoms. The Kier molecular flexibility index (Phi) is 9.16. The zero-order valence-electron chi connectivity index (χ0n) is 27.0. The van der Waals surface area contributed by atoms with E-state index >= 15 is 0 Å². The number of carbonyl (C=O) groups excluding carboxylic acids is 1. The smallest absolute Gasteiger partial charge is 0.371 e. The second kappa shape index (κ2) is 13.0. The van der Waals surface area contributed by atoms with E-state index in [2.05, 4.69) is 37.5 Å². The molecule has 1 amide bonds. The van der Waals surface area contributed by atoms with Crippen molar-refractivity contribution >= 4 is 23.8 Å². The molecule has 48 heavy (non-hydrogen) atoms. The normalized spacial score (nSPS) is 21.9. The van der Waals surface area contributed by atoms with Gasteiger partial charge in [0.1, 0.15) is 0 Å². The van der Waals surface area contributed by atoms with E-state index in [4.69, 9.17) is 0 Å². The van der Waals surface area contributed by atoms with Gasteiger partial charge in [-0.3, -0.25) is 4.79 Å². The van der Waals surface area contributed by atoms with Crippen molar-refractivity contribution in [2.24, 2.45) is 18.1 Å². The molecule has 1 fully saturated rings. The molecule has 0 radical (unpaired) electrons. The third-order valence-corrected chi connectivity index (χ3v) is 9.55. The molecule has 0 unspecified atom stereocenters. The number of halogens is 6. The average Bonchev–Trinajstić information content (AvgIpc) is 3.60. The summed E-state index contributed by atoms with van der Waals surface area (Å²) in [4.78, 5) is 17.5. The van der Waals surface area contributed by atoms with Crippen LogP contribution in [0.4, 0.5) is 38.0 Å². The Bertz CT molecular complexity index is 1640. The Labute approximate surface area is 274 Å². The van der Waals surface area contributed by atoms with Crippen LogP contribution >= 0.6 is 0 Å². The van der Waals surface area contributed by atoms with Gasteiger partial charge in [-0.05, 0) is 98.4 Å². The van der Waals surface area contributed by atoms with Crippen molar-refractivity contribution in [2.45, 2.75) is 89.8 Å². The molecular weight excluding hydrogens is 638 g/mol. The number of aryl methyl sites for hydroxylation is 3. The third-order valence-electron chi connectivity index (χ3n) is 9.55. The van der Waals surface area contributed by atoms with Crippen LogP contribution in [-0.4, -0.2) is 56.5 Å². The minimum Gasteiger partial charge on any atom is -0.371 e. The summed E-state index contributed by atoms with van der Waals surface area (Å²) < 4.78 is 82.8. The van der Waals surface area contributed by atoms with Crippen LogP contribution in [0.3, 0.4) is 0 Å². The lowest BCUT2D eigenvalue weighted by Crippen LogP contribution is -2.39. The number of hydrogen-bond acceptors (Lipinski definition) is 7. The van der Waals surface area contributed by atoms with E-state index in [1.54, 1.807) is 23.2 Å². The maximum Gasteiger partial charge on any atom is 0.416 e. The van der Waals surface area contributed by atoms with Gasteiger partial charge in [0.25, 0.3) is 5.95 Å². The van der Waals surface area contributed by atoms with Gasteiger partial charge in [0.15, 0.2) is 0 Å². The molecule has 15 heteroatoms. The summed E-state index contributed by atoms with van der Waals surface area (Å²) in [6, 6.07) is 5.48. The fourth-order valence-corrected chi connectivity index (χ4v) is 7.49. The van der Waals surface area contributed by atoms with Crippen molar-refractivity contribution in [1.82, 2.24) is 25.2 Å². The molecule has 2 aliphatic heterocycles. The van der Waals surface area contributed by atoms with Crippen molar-refractivity contribution < 1.29 is 31.1 Å². The summed E-state index contributed by atoms with van der Waals surface area (Å²) in [5.74, 6) is 0.542. The monoisotopic (exact) mass is 676 g/mol. The maximum atomic E-state index is 13.8. The van der Waals surface area contributed by atoms with Crippen LogP contribution in [0.15, 0.2) is 35.4 Å². The van der Waals surface area contributed by atoms with Crippen LogP contribution in [0.1, 0.15) is 84.4 Å². The summed E-state index contributed by atoms with van der Waals surface area (Å²) in [6.45, 7) is 5.22. The minimum atomic E-state index is -4.97. The van der Waals surface area contributed by atoms with E-state index in [9.17, 15) is 31.1 Å². The zero-order valence-corrected chi connectivity index (χ0v) is 27.0. The lowest BCUT2D eigenvalue weighted by Gasteiger charge is -2.37. The number of hydrogen-bond donors (Lipinski definition) is 0. The second-order valence-electron chi connectivity index (χ2n) is 13.2. The fraction of sp³-hybridized carbons (Fsp3) is 0.545. The molecule has 3 aromatic rings. The van der Waals surface area contributed by atoms with Gasteiger partial charge in [0.2, 0.25) is 5.91 Å². The topological polar surface area (TPSA) is 82.8 Å². The van der Waals surface area contributed by atoms with Crippen LogP contribution in [0, 0.1) is 19.8 Å². The minimum absolute atomic E-state index is 0.0406. The summed E-state index contributed by atoms with van der Waals surface area (Å²) in [5, 5.41) is 18.4. The molecule has 6 rings (SSSR count). The van der Waals surface area contributed by atoms with Crippen molar-refractivity contribution in [3.63, 3.8) is 0 Å². The van der Waals surface area contributed by atoms with Crippen LogP contribution < -0.4 is 9.80 Å². The van der Waals surface area contributed by atoms with Crippen molar-refractivity contribution in [2.75, 3.05) is 22.9 Å². The Hall–Kier alpha value is -4.17. The van der Waals surface area contributed by atoms with Gasteiger partial charge >= 0.3 is 12.4 Å². The highest BCUT2D eigenvalue weighted by molar-refractivity contribution is 5.94. The van der Waals surface area contributed by atoms with Crippen LogP contribution in [0.5, 0.6) is 0 Å².